The van der Waals surface area contributed by atoms with Crippen molar-refractivity contribution in [2.45, 2.75) is 12.7 Å². The summed E-state index contributed by atoms with van der Waals surface area (Å²) < 4.78 is 18.8. The highest BCUT2D eigenvalue weighted by atomic mass is 32.2. The molecule has 0 aliphatic heterocycles. The number of thiophene rings is 1. The van der Waals surface area contributed by atoms with Gasteiger partial charge < -0.3 is 10.1 Å². The van der Waals surface area contributed by atoms with Gasteiger partial charge in [-0.05, 0) is 29.6 Å². The lowest BCUT2D eigenvalue weighted by Gasteiger charge is -2.07. The molecule has 0 unspecified atom stereocenters. The van der Waals surface area contributed by atoms with Crippen molar-refractivity contribution < 1.29 is 23.5 Å². The maximum absolute atomic E-state index is 13.9. The Morgan fingerprint density at radius 1 is 1.28 bits per heavy atom. The average Bonchev–Trinajstić information content (AvgIpc) is 3.05. The fourth-order valence-corrected chi connectivity index (χ4v) is 3.58. The van der Waals surface area contributed by atoms with E-state index in [-0.39, 0.29) is 22.9 Å². The predicted molar refractivity (Wildman–Crippen MR) is 96.5 cm³/mol. The van der Waals surface area contributed by atoms with Gasteiger partial charge in [0.25, 0.3) is 0 Å². The van der Waals surface area contributed by atoms with E-state index in [1.165, 1.54) is 30.8 Å². The fraction of sp³-hybridized carbons (Fsp3) is 0.235. The maximum atomic E-state index is 13.9. The van der Waals surface area contributed by atoms with Gasteiger partial charge in [-0.2, -0.15) is 0 Å². The molecule has 0 aliphatic rings. The van der Waals surface area contributed by atoms with Gasteiger partial charge in [-0.25, -0.2) is 4.39 Å². The Hall–Kier alpha value is -2.19. The number of rotatable bonds is 8. The van der Waals surface area contributed by atoms with Crippen LogP contribution in [0.5, 0.6) is 0 Å². The van der Waals surface area contributed by atoms with Crippen molar-refractivity contribution in [3.05, 3.63) is 52.0 Å². The number of halogens is 1. The highest BCUT2D eigenvalue weighted by Gasteiger charge is 2.15. The lowest BCUT2D eigenvalue weighted by atomic mass is 10.1. The number of thioether (sulfide) groups is 1. The SMILES string of the molecule is CC(=O)Nc1ccc(C(=O)COC(=O)CSCc2cccs2)c(F)c1. The molecule has 5 nitrogen and oxygen atoms in total. The summed E-state index contributed by atoms with van der Waals surface area (Å²) in [6, 6.07) is 7.62. The van der Waals surface area contributed by atoms with E-state index in [4.69, 9.17) is 4.74 Å². The zero-order valence-electron chi connectivity index (χ0n) is 13.4. The van der Waals surface area contributed by atoms with E-state index in [2.05, 4.69) is 5.32 Å². The molecule has 0 atom stereocenters. The molecule has 1 aromatic carbocycles. The van der Waals surface area contributed by atoms with Crippen LogP contribution in [0.1, 0.15) is 22.2 Å². The molecule has 0 radical (unpaired) electrons. The molecule has 0 saturated heterocycles. The first-order valence-electron chi connectivity index (χ1n) is 7.32. The van der Waals surface area contributed by atoms with Crippen LogP contribution in [-0.2, 0) is 20.1 Å². The number of carbonyl (C=O) groups is 3. The standard InChI is InChI=1S/C17H16FNO4S2/c1-11(20)19-12-4-5-14(15(18)7-12)16(21)8-23-17(22)10-24-9-13-3-2-6-25-13/h2-7H,8-10H2,1H3,(H,19,20). The Labute approximate surface area is 152 Å². The van der Waals surface area contributed by atoms with Crippen LogP contribution >= 0.6 is 23.1 Å². The Morgan fingerprint density at radius 2 is 2.08 bits per heavy atom. The number of carbonyl (C=O) groups excluding carboxylic acids is 3. The molecule has 1 N–H and O–H groups in total. The van der Waals surface area contributed by atoms with Gasteiger partial charge in [-0.1, -0.05) is 6.07 Å². The first kappa shape index (κ1) is 19.1. The minimum atomic E-state index is -0.778. The lowest BCUT2D eigenvalue weighted by molar-refractivity contribution is -0.139. The number of nitrogens with one attached hydrogen (secondary N) is 1. The molecule has 1 aromatic heterocycles. The summed E-state index contributed by atoms with van der Waals surface area (Å²) in [7, 11) is 0. The van der Waals surface area contributed by atoms with E-state index in [1.54, 1.807) is 11.3 Å². The van der Waals surface area contributed by atoms with Crippen molar-refractivity contribution in [1.29, 1.82) is 0 Å². The normalized spacial score (nSPS) is 10.3. The van der Waals surface area contributed by atoms with Crippen LogP contribution in [0.15, 0.2) is 35.7 Å². The predicted octanol–water partition coefficient (Wildman–Crippen LogP) is 3.50. The van der Waals surface area contributed by atoms with Crippen LogP contribution in [0.25, 0.3) is 0 Å². The third-order valence-corrected chi connectivity index (χ3v) is 5.01. The zero-order chi connectivity index (χ0) is 18.2. The van der Waals surface area contributed by atoms with Crippen molar-refractivity contribution in [1.82, 2.24) is 0 Å². The van der Waals surface area contributed by atoms with Crippen LogP contribution in [0.4, 0.5) is 10.1 Å². The molecular formula is C17H16FNO4S2. The second-order valence-electron chi connectivity index (χ2n) is 5.03. The molecule has 0 aliphatic carbocycles. The number of amides is 1. The maximum Gasteiger partial charge on any atom is 0.316 e. The Balaban J connectivity index is 1.79. The number of Topliss-reactive ketones (excluding diaryl/α,β-unsaturated/α-hetero) is 1. The third kappa shape index (κ3) is 6.32. The summed E-state index contributed by atoms with van der Waals surface area (Å²) >= 11 is 2.99. The molecule has 0 spiro atoms. The van der Waals surface area contributed by atoms with Crippen LogP contribution in [0.3, 0.4) is 0 Å². The zero-order valence-corrected chi connectivity index (χ0v) is 15.0. The Morgan fingerprint density at radius 3 is 2.72 bits per heavy atom. The number of hydrogen-bond donors (Lipinski definition) is 1. The van der Waals surface area contributed by atoms with E-state index in [9.17, 15) is 18.8 Å². The van der Waals surface area contributed by atoms with Crippen LogP contribution in [-0.4, -0.2) is 30.0 Å². The van der Waals surface area contributed by atoms with E-state index < -0.39 is 24.2 Å². The van der Waals surface area contributed by atoms with Crippen molar-refractivity contribution >= 4 is 46.4 Å². The van der Waals surface area contributed by atoms with E-state index in [0.29, 0.717) is 5.75 Å². The van der Waals surface area contributed by atoms with Crippen molar-refractivity contribution in [3.8, 4) is 0 Å². The second-order valence-corrected chi connectivity index (χ2v) is 7.05. The average molecular weight is 381 g/mol. The molecule has 1 heterocycles. The molecule has 25 heavy (non-hydrogen) atoms. The van der Waals surface area contributed by atoms with Crippen molar-refractivity contribution in [2.75, 3.05) is 17.7 Å². The van der Waals surface area contributed by atoms with Gasteiger partial charge >= 0.3 is 5.97 Å². The molecule has 132 valence electrons. The molecule has 2 rings (SSSR count). The quantitative estimate of drug-likeness (QED) is 0.560. The van der Waals surface area contributed by atoms with Crippen LogP contribution < -0.4 is 5.32 Å². The minimum Gasteiger partial charge on any atom is -0.457 e. The van der Waals surface area contributed by atoms with Gasteiger partial charge in [-0.3, -0.25) is 14.4 Å². The number of benzene rings is 1. The van der Waals surface area contributed by atoms with Gasteiger partial charge in [0, 0.05) is 23.2 Å². The molecule has 2 aromatic rings. The highest BCUT2D eigenvalue weighted by Crippen LogP contribution is 2.18. The number of hydrogen-bond acceptors (Lipinski definition) is 6. The number of ketones is 1. The number of anilines is 1. The first-order valence-corrected chi connectivity index (χ1v) is 9.35. The van der Waals surface area contributed by atoms with Crippen molar-refractivity contribution in [2.24, 2.45) is 0 Å². The third-order valence-electron chi connectivity index (χ3n) is 3.00. The smallest absolute Gasteiger partial charge is 0.316 e. The van der Waals surface area contributed by atoms with Gasteiger partial charge in [0.15, 0.2) is 6.61 Å². The molecular weight excluding hydrogens is 365 g/mol. The van der Waals surface area contributed by atoms with Crippen LogP contribution in [0.2, 0.25) is 0 Å². The van der Waals surface area contributed by atoms with E-state index in [0.717, 1.165) is 10.9 Å². The van der Waals surface area contributed by atoms with Gasteiger partial charge in [0.1, 0.15) is 5.82 Å². The summed E-state index contributed by atoms with van der Waals surface area (Å²) in [5.74, 6) is -1.46. The van der Waals surface area contributed by atoms with Gasteiger partial charge in [0.2, 0.25) is 11.7 Å². The van der Waals surface area contributed by atoms with Crippen LogP contribution in [0, 0.1) is 5.82 Å². The van der Waals surface area contributed by atoms with E-state index >= 15 is 0 Å². The van der Waals surface area contributed by atoms with E-state index in [1.807, 2.05) is 17.5 Å². The Bertz CT molecular complexity index is 762. The monoisotopic (exact) mass is 381 g/mol. The summed E-state index contributed by atoms with van der Waals surface area (Å²) in [5.41, 5.74) is 0.0664. The second kappa shape index (κ2) is 9.33. The first-order chi connectivity index (χ1) is 12.0. The fourth-order valence-electron chi connectivity index (χ4n) is 1.92. The highest BCUT2D eigenvalue weighted by molar-refractivity contribution is 7.99. The molecule has 0 bridgehead atoms. The van der Waals surface area contributed by atoms with Gasteiger partial charge in [-0.15, -0.1) is 23.1 Å². The summed E-state index contributed by atoms with van der Waals surface area (Å²) in [4.78, 5) is 35.7. The molecule has 0 saturated carbocycles. The summed E-state index contributed by atoms with van der Waals surface area (Å²) in [5, 5.41) is 4.38. The molecule has 0 fully saturated rings. The number of esters is 1. The number of ether oxygens (including phenoxy) is 1. The summed E-state index contributed by atoms with van der Waals surface area (Å²) in [6.07, 6.45) is 0. The Kier molecular flexibility index (Phi) is 7.15. The minimum absolute atomic E-state index is 0.120. The lowest BCUT2D eigenvalue weighted by Crippen LogP contribution is -2.17. The largest absolute Gasteiger partial charge is 0.457 e. The molecule has 1 amide bonds. The topological polar surface area (TPSA) is 72.5 Å². The summed E-state index contributed by atoms with van der Waals surface area (Å²) in [6.45, 7) is 0.779. The van der Waals surface area contributed by atoms with Crippen molar-refractivity contribution in [3.63, 3.8) is 0 Å². The molecule has 8 heteroatoms. The van der Waals surface area contributed by atoms with Gasteiger partial charge in [0.05, 0.1) is 11.3 Å².